The summed E-state index contributed by atoms with van der Waals surface area (Å²) in [5.74, 6) is 0. The van der Waals surface area contributed by atoms with E-state index in [4.69, 9.17) is 0 Å². The van der Waals surface area contributed by atoms with Gasteiger partial charge in [0.05, 0.1) is 6.54 Å². The van der Waals surface area contributed by atoms with Crippen LogP contribution in [0.15, 0.2) is 37.2 Å². The second-order valence-corrected chi connectivity index (χ2v) is 3.66. The number of likely N-dealkylation sites (N-methyl/N-ethyl adjacent to an activating group) is 1. The van der Waals surface area contributed by atoms with Gasteiger partial charge in [0.1, 0.15) is 0 Å². The molecule has 3 nitrogen and oxygen atoms in total. The van der Waals surface area contributed by atoms with Gasteiger partial charge in [-0.25, -0.2) is 0 Å². The summed E-state index contributed by atoms with van der Waals surface area (Å²) in [6.45, 7) is 16.3. The third-order valence-electron chi connectivity index (χ3n) is 2.27. The summed E-state index contributed by atoms with van der Waals surface area (Å²) >= 11 is 0. The topological polar surface area (TPSA) is 36.1 Å². The molecule has 3 N–H and O–H groups in total. The predicted octanol–water partition coefficient (Wildman–Crippen LogP) is 1.38. The lowest BCUT2D eigenvalue weighted by atomic mass is 10.2. The van der Waals surface area contributed by atoms with Gasteiger partial charge in [-0.1, -0.05) is 19.2 Å². The van der Waals surface area contributed by atoms with E-state index in [0.717, 1.165) is 11.4 Å². The minimum Gasteiger partial charge on any atom is -0.382 e. The van der Waals surface area contributed by atoms with Gasteiger partial charge in [-0.3, -0.25) is 0 Å². The molecule has 0 fully saturated rings. The van der Waals surface area contributed by atoms with Crippen molar-refractivity contribution in [3.8, 4) is 0 Å². The zero-order valence-electron chi connectivity index (χ0n) is 10.1. The van der Waals surface area contributed by atoms with E-state index in [1.165, 1.54) is 0 Å². The summed E-state index contributed by atoms with van der Waals surface area (Å²) < 4.78 is 0. The van der Waals surface area contributed by atoms with Crippen LogP contribution in [0.5, 0.6) is 0 Å². The van der Waals surface area contributed by atoms with Crippen LogP contribution in [-0.4, -0.2) is 25.7 Å². The fourth-order valence-electron chi connectivity index (χ4n) is 0.979. The molecule has 86 valence electrons. The minimum absolute atomic E-state index is 0.245. The van der Waals surface area contributed by atoms with E-state index < -0.39 is 0 Å². The Hall–Kier alpha value is -1.22. The number of hydrogen-bond acceptors (Lipinski definition) is 3. The quantitative estimate of drug-likeness (QED) is 0.529. The smallest absolute Gasteiger partial charge is 0.0539 e. The standard InChI is InChI=1S/C12H23N3/c1-7-9(2)15-10(3)8-14-12(5)11(4)13-6/h7,9,11,13-15H,1,3,5,8H2,2,4,6H3. The largest absolute Gasteiger partial charge is 0.382 e. The van der Waals surface area contributed by atoms with Crippen molar-refractivity contribution in [3.63, 3.8) is 0 Å². The molecule has 0 spiro atoms. The third-order valence-corrected chi connectivity index (χ3v) is 2.27. The van der Waals surface area contributed by atoms with Gasteiger partial charge in [0.2, 0.25) is 0 Å². The van der Waals surface area contributed by atoms with E-state index in [2.05, 4.69) is 42.6 Å². The van der Waals surface area contributed by atoms with Gasteiger partial charge < -0.3 is 16.0 Å². The summed E-state index contributed by atoms with van der Waals surface area (Å²) in [5, 5.41) is 9.53. The van der Waals surface area contributed by atoms with Gasteiger partial charge >= 0.3 is 0 Å². The summed E-state index contributed by atoms with van der Waals surface area (Å²) in [5.41, 5.74) is 1.90. The van der Waals surface area contributed by atoms with Crippen LogP contribution in [-0.2, 0) is 0 Å². The van der Waals surface area contributed by atoms with Crippen LogP contribution in [0.4, 0.5) is 0 Å². The zero-order chi connectivity index (χ0) is 11.8. The van der Waals surface area contributed by atoms with Crippen molar-refractivity contribution < 1.29 is 0 Å². The molecule has 0 aliphatic heterocycles. The number of nitrogens with one attached hydrogen (secondary N) is 3. The van der Waals surface area contributed by atoms with Gasteiger partial charge in [0, 0.05) is 23.5 Å². The van der Waals surface area contributed by atoms with Crippen LogP contribution in [0.3, 0.4) is 0 Å². The molecule has 0 amide bonds. The van der Waals surface area contributed by atoms with Crippen molar-refractivity contribution in [2.24, 2.45) is 0 Å². The average Bonchev–Trinajstić information content (AvgIpc) is 2.24. The molecule has 0 saturated carbocycles. The minimum atomic E-state index is 0.245. The van der Waals surface area contributed by atoms with Gasteiger partial charge in [-0.15, -0.1) is 6.58 Å². The van der Waals surface area contributed by atoms with E-state index in [0.29, 0.717) is 6.54 Å². The Bertz CT molecular complexity index is 233. The highest BCUT2D eigenvalue weighted by molar-refractivity contribution is 5.06. The molecule has 3 heteroatoms. The van der Waals surface area contributed by atoms with E-state index in [1.807, 2.05) is 20.0 Å². The first kappa shape index (κ1) is 13.8. The van der Waals surface area contributed by atoms with Crippen LogP contribution >= 0.6 is 0 Å². The Morgan fingerprint density at radius 3 is 2.40 bits per heavy atom. The summed E-state index contributed by atoms with van der Waals surface area (Å²) in [4.78, 5) is 0. The maximum atomic E-state index is 3.93. The van der Waals surface area contributed by atoms with Crippen molar-refractivity contribution in [3.05, 3.63) is 37.2 Å². The summed E-state index contributed by atoms with van der Waals surface area (Å²) in [6.07, 6.45) is 1.84. The highest BCUT2D eigenvalue weighted by Crippen LogP contribution is 1.95. The Balaban J connectivity index is 3.80. The monoisotopic (exact) mass is 209 g/mol. The normalized spacial score (nSPS) is 13.8. The molecule has 0 aromatic heterocycles. The third kappa shape index (κ3) is 5.96. The summed E-state index contributed by atoms with van der Waals surface area (Å²) in [7, 11) is 1.91. The van der Waals surface area contributed by atoms with Crippen LogP contribution in [0.1, 0.15) is 13.8 Å². The van der Waals surface area contributed by atoms with E-state index in [9.17, 15) is 0 Å². The lowest BCUT2D eigenvalue weighted by Gasteiger charge is -2.19. The lowest BCUT2D eigenvalue weighted by Crippen LogP contribution is -2.35. The van der Waals surface area contributed by atoms with Crippen molar-refractivity contribution in [2.45, 2.75) is 25.9 Å². The molecule has 0 bridgehead atoms. The molecule has 0 rings (SSSR count). The molecule has 0 aliphatic rings. The van der Waals surface area contributed by atoms with Crippen molar-refractivity contribution in [1.29, 1.82) is 0 Å². The fourth-order valence-corrected chi connectivity index (χ4v) is 0.979. The lowest BCUT2D eigenvalue weighted by molar-refractivity contribution is 0.621. The molecule has 0 heterocycles. The van der Waals surface area contributed by atoms with Gasteiger partial charge in [-0.05, 0) is 20.9 Å². The van der Waals surface area contributed by atoms with Gasteiger partial charge in [-0.2, -0.15) is 0 Å². The van der Waals surface area contributed by atoms with Gasteiger partial charge in [0.25, 0.3) is 0 Å². The SMILES string of the molecule is C=CC(C)NC(=C)CNC(=C)C(C)NC. The Kier molecular flexibility index (Phi) is 6.54. The highest BCUT2D eigenvalue weighted by Gasteiger charge is 2.03. The Labute approximate surface area is 93.3 Å². The highest BCUT2D eigenvalue weighted by atomic mass is 15.0. The first-order chi connectivity index (χ1) is 7.01. The fraction of sp³-hybridized carbons (Fsp3) is 0.500. The molecule has 15 heavy (non-hydrogen) atoms. The molecule has 2 unspecified atom stereocenters. The molecule has 0 aromatic rings. The van der Waals surface area contributed by atoms with Crippen LogP contribution in [0.25, 0.3) is 0 Å². The number of rotatable bonds is 8. The molecular weight excluding hydrogens is 186 g/mol. The van der Waals surface area contributed by atoms with E-state index in [1.54, 1.807) is 0 Å². The van der Waals surface area contributed by atoms with Crippen LogP contribution in [0.2, 0.25) is 0 Å². The second kappa shape index (κ2) is 7.12. The predicted molar refractivity (Wildman–Crippen MR) is 67.6 cm³/mol. The van der Waals surface area contributed by atoms with Gasteiger partial charge in [0.15, 0.2) is 0 Å². The molecule has 0 saturated heterocycles. The molecule has 0 aromatic carbocycles. The van der Waals surface area contributed by atoms with Crippen molar-refractivity contribution in [2.75, 3.05) is 13.6 Å². The first-order valence-corrected chi connectivity index (χ1v) is 5.18. The molecule has 2 atom stereocenters. The molecule has 0 radical (unpaired) electrons. The maximum Gasteiger partial charge on any atom is 0.0539 e. The zero-order valence-corrected chi connectivity index (χ0v) is 10.1. The number of hydrogen-bond donors (Lipinski definition) is 3. The molecule has 0 aliphatic carbocycles. The maximum absolute atomic E-state index is 3.93. The van der Waals surface area contributed by atoms with E-state index >= 15 is 0 Å². The van der Waals surface area contributed by atoms with Crippen LogP contribution < -0.4 is 16.0 Å². The van der Waals surface area contributed by atoms with Crippen molar-refractivity contribution in [1.82, 2.24) is 16.0 Å². The molecular formula is C12H23N3. The summed E-state index contributed by atoms with van der Waals surface area (Å²) in [6, 6.07) is 0.504. The Morgan fingerprint density at radius 2 is 1.93 bits per heavy atom. The first-order valence-electron chi connectivity index (χ1n) is 5.18. The van der Waals surface area contributed by atoms with Crippen molar-refractivity contribution >= 4 is 0 Å². The second-order valence-electron chi connectivity index (χ2n) is 3.66. The average molecular weight is 209 g/mol. The van der Waals surface area contributed by atoms with Crippen LogP contribution in [0, 0.1) is 0 Å². The Morgan fingerprint density at radius 1 is 1.33 bits per heavy atom. The van der Waals surface area contributed by atoms with E-state index in [-0.39, 0.29) is 12.1 Å².